The molecular weight excluding hydrogens is 290 g/mol. The van der Waals surface area contributed by atoms with E-state index in [1.807, 2.05) is 19.1 Å². The Morgan fingerprint density at radius 1 is 1.26 bits per heavy atom. The number of carbonyl (C=O) groups excluding carboxylic acids is 2. The summed E-state index contributed by atoms with van der Waals surface area (Å²) < 4.78 is 5.23. The summed E-state index contributed by atoms with van der Waals surface area (Å²) in [6.45, 7) is 8.90. The standard InChI is InChI=1S/C19H27NO3/c1-5-6-13-23-18(22)20-16(11-12-17(20)21)14-7-9-15(10-8-14)19(2,3)4/h7-10,16H,5-6,11-13H2,1-4H3. The topological polar surface area (TPSA) is 46.6 Å². The molecule has 2 amide bonds. The van der Waals surface area contributed by atoms with Gasteiger partial charge in [-0.15, -0.1) is 0 Å². The van der Waals surface area contributed by atoms with Gasteiger partial charge in [-0.05, 0) is 29.4 Å². The molecule has 0 spiro atoms. The number of hydrogen-bond donors (Lipinski definition) is 0. The van der Waals surface area contributed by atoms with E-state index in [2.05, 4.69) is 32.9 Å². The highest BCUT2D eigenvalue weighted by molar-refractivity contribution is 5.94. The number of amides is 2. The first-order valence-electron chi connectivity index (χ1n) is 8.44. The Hall–Kier alpha value is -1.84. The molecule has 1 heterocycles. The van der Waals surface area contributed by atoms with E-state index in [4.69, 9.17) is 4.74 Å². The number of ether oxygens (including phenoxy) is 1. The molecule has 1 fully saturated rings. The Labute approximate surface area is 138 Å². The maximum Gasteiger partial charge on any atom is 0.417 e. The van der Waals surface area contributed by atoms with Crippen molar-refractivity contribution in [3.63, 3.8) is 0 Å². The number of hydrogen-bond acceptors (Lipinski definition) is 3. The minimum absolute atomic E-state index is 0.0861. The second-order valence-corrected chi connectivity index (χ2v) is 7.16. The second kappa shape index (κ2) is 7.16. The summed E-state index contributed by atoms with van der Waals surface area (Å²) in [6.07, 6.45) is 2.33. The zero-order valence-electron chi connectivity index (χ0n) is 14.6. The van der Waals surface area contributed by atoms with Crippen molar-refractivity contribution >= 4 is 12.0 Å². The van der Waals surface area contributed by atoms with E-state index in [0.717, 1.165) is 18.4 Å². The summed E-state index contributed by atoms with van der Waals surface area (Å²) in [4.78, 5) is 25.6. The van der Waals surface area contributed by atoms with Gasteiger partial charge in [0.1, 0.15) is 0 Å². The molecule has 0 N–H and O–H groups in total. The molecule has 0 aromatic heterocycles. The smallest absolute Gasteiger partial charge is 0.417 e. The lowest BCUT2D eigenvalue weighted by Gasteiger charge is -2.24. The van der Waals surface area contributed by atoms with Gasteiger partial charge in [-0.25, -0.2) is 9.69 Å². The largest absolute Gasteiger partial charge is 0.449 e. The Bertz CT molecular complexity index is 557. The highest BCUT2D eigenvalue weighted by Gasteiger charge is 2.37. The molecule has 1 aliphatic rings. The van der Waals surface area contributed by atoms with Crippen LogP contribution in [0.15, 0.2) is 24.3 Å². The van der Waals surface area contributed by atoms with Crippen LogP contribution in [0.3, 0.4) is 0 Å². The fraction of sp³-hybridized carbons (Fsp3) is 0.579. The summed E-state index contributed by atoms with van der Waals surface area (Å²) in [5.74, 6) is -0.142. The Morgan fingerprint density at radius 2 is 1.91 bits per heavy atom. The zero-order chi connectivity index (χ0) is 17.0. The number of imide groups is 1. The van der Waals surface area contributed by atoms with Gasteiger partial charge in [-0.3, -0.25) is 4.79 Å². The van der Waals surface area contributed by atoms with Gasteiger partial charge in [0, 0.05) is 6.42 Å². The second-order valence-electron chi connectivity index (χ2n) is 7.16. The van der Waals surface area contributed by atoms with Gasteiger partial charge in [-0.1, -0.05) is 58.4 Å². The molecule has 0 aliphatic carbocycles. The first-order valence-corrected chi connectivity index (χ1v) is 8.44. The van der Waals surface area contributed by atoms with Crippen molar-refractivity contribution in [2.24, 2.45) is 0 Å². The molecule has 1 aromatic carbocycles. The number of rotatable bonds is 4. The van der Waals surface area contributed by atoms with E-state index in [0.29, 0.717) is 19.4 Å². The monoisotopic (exact) mass is 317 g/mol. The van der Waals surface area contributed by atoms with Gasteiger partial charge < -0.3 is 4.74 Å². The number of carbonyl (C=O) groups is 2. The van der Waals surface area contributed by atoms with Gasteiger partial charge in [0.15, 0.2) is 0 Å². The Kier molecular flexibility index (Phi) is 5.45. The van der Waals surface area contributed by atoms with Gasteiger partial charge in [0.25, 0.3) is 0 Å². The highest BCUT2D eigenvalue weighted by Crippen LogP contribution is 2.34. The van der Waals surface area contributed by atoms with Crippen LogP contribution < -0.4 is 0 Å². The fourth-order valence-electron chi connectivity index (χ4n) is 2.81. The number of likely N-dealkylation sites (tertiary alicyclic amines) is 1. The van der Waals surface area contributed by atoms with E-state index in [1.54, 1.807) is 0 Å². The number of nitrogens with zero attached hydrogens (tertiary/aromatic N) is 1. The molecule has 1 unspecified atom stereocenters. The normalized spacial score (nSPS) is 18.3. The third-order valence-electron chi connectivity index (χ3n) is 4.29. The van der Waals surface area contributed by atoms with E-state index < -0.39 is 6.09 Å². The van der Waals surface area contributed by atoms with E-state index in [9.17, 15) is 9.59 Å². The summed E-state index contributed by atoms with van der Waals surface area (Å²) >= 11 is 0. The molecule has 0 saturated carbocycles. The lowest BCUT2D eigenvalue weighted by atomic mass is 9.86. The Balaban J connectivity index is 2.14. The van der Waals surface area contributed by atoms with Crippen LogP contribution in [0, 0.1) is 0 Å². The Morgan fingerprint density at radius 3 is 2.48 bits per heavy atom. The molecule has 0 radical (unpaired) electrons. The quantitative estimate of drug-likeness (QED) is 0.763. The molecular formula is C19H27NO3. The van der Waals surface area contributed by atoms with Crippen LogP contribution in [0.1, 0.15) is 70.5 Å². The average Bonchev–Trinajstić information content (AvgIpc) is 2.88. The van der Waals surface area contributed by atoms with Gasteiger partial charge in [0.05, 0.1) is 12.6 Å². The molecule has 4 heteroatoms. The number of benzene rings is 1. The predicted molar refractivity (Wildman–Crippen MR) is 90.2 cm³/mol. The zero-order valence-corrected chi connectivity index (χ0v) is 14.6. The first kappa shape index (κ1) is 17.5. The van der Waals surface area contributed by atoms with E-state index >= 15 is 0 Å². The van der Waals surface area contributed by atoms with Crippen LogP contribution in [0.4, 0.5) is 4.79 Å². The molecule has 1 aromatic rings. The summed E-state index contributed by atoms with van der Waals surface area (Å²) in [5.41, 5.74) is 2.32. The van der Waals surface area contributed by atoms with Crippen LogP contribution in [-0.4, -0.2) is 23.5 Å². The molecule has 23 heavy (non-hydrogen) atoms. The maximum absolute atomic E-state index is 12.2. The van der Waals surface area contributed by atoms with Crippen molar-refractivity contribution in [2.45, 2.75) is 64.8 Å². The first-order chi connectivity index (χ1) is 10.8. The molecule has 2 rings (SSSR count). The highest BCUT2D eigenvalue weighted by atomic mass is 16.6. The van der Waals surface area contributed by atoms with Gasteiger partial charge in [0.2, 0.25) is 5.91 Å². The van der Waals surface area contributed by atoms with Crippen LogP contribution in [0.2, 0.25) is 0 Å². The summed E-state index contributed by atoms with van der Waals surface area (Å²) in [7, 11) is 0. The fourth-order valence-corrected chi connectivity index (χ4v) is 2.81. The SMILES string of the molecule is CCCCOC(=O)N1C(=O)CCC1c1ccc(C(C)(C)C)cc1. The van der Waals surface area contributed by atoms with Crippen LogP contribution in [0.5, 0.6) is 0 Å². The number of unbranched alkanes of at least 4 members (excludes halogenated alkanes) is 1. The molecule has 1 saturated heterocycles. The molecule has 1 atom stereocenters. The van der Waals surface area contributed by atoms with Gasteiger partial charge in [-0.2, -0.15) is 0 Å². The summed E-state index contributed by atoms with van der Waals surface area (Å²) in [6, 6.07) is 8.01. The van der Waals surface area contributed by atoms with E-state index in [1.165, 1.54) is 10.5 Å². The van der Waals surface area contributed by atoms with Crippen molar-refractivity contribution in [3.05, 3.63) is 35.4 Å². The van der Waals surface area contributed by atoms with Crippen molar-refractivity contribution in [3.8, 4) is 0 Å². The lowest BCUT2D eigenvalue weighted by Crippen LogP contribution is -2.35. The van der Waals surface area contributed by atoms with Crippen LogP contribution in [-0.2, 0) is 14.9 Å². The van der Waals surface area contributed by atoms with Crippen molar-refractivity contribution < 1.29 is 14.3 Å². The third kappa shape index (κ3) is 4.12. The molecule has 126 valence electrons. The summed E-state index contributed by atoms with van der Waals surface area (Å²) in [5, 5.41) is 0. The average molecular weight is 317 g/mol. The van der Waals surface area contributed by atoms with Crippen LogP contribution >= 0.6 is 0 Å². The molecule has 4 nitrogen and oxygen atoms in total. The van der Waals surface area contributed by atoms with Crippen molar-refractivity contribution in [2.75, 3.05) is 6.61 Å². The van der Waals surface area contributed by atoms with E-state index in [-0.39, 0.29) is 17.4 Å². The lowest BCUT2D eigenvalue weighted by molar-refractivity contribution is -0.127. The molecule has 0 bridgehead atoms. The predicted octanol–water partition coefficient (Wildman–Crippen LogP) is 4.58. The van der Waals surface area contributed by atoms with Crippen LogP contribution in [0.25, 0.3) is 0 Å². The van der Waals surface area contributed by atoms with Crippen molar-refractivity contribution in [1.29, 1.82) is 0 Å². The minimum Gasteiger partial charge on any atom is -0.449 e. The minimum atomic E-state index is -0.508. The molecule has 1 aliphatic heterocycles. The third-order valence-corrected chi connectivity index (χ3v) is 4.29. The van der Waals surface area contributed by atoms with Gasteiger partial charge >= 0.3 is 6.09 Å². The van der Waals surface area contributed by atoms with Crippen molar-refractivity contribution in [1.82, 2.24) is 4.90 Å². The maximum atomic E-state index is 12.2.